The monoisotopic (exact) mass is 270 g/mol. The number of nitrogens with two attached hydrogens (primary N) is 1. The molecule has 0 saturated heterocycles. The van der Waals surface area contributed by atoms with Gasteiger partial charge in [0, 0.05) is 10.7 Å². The van der Waals surface area contributed by atoms with Gasteiger partial charge in [-0.3, -0.25) is 4.79 Å². The molecule has 3 N–H and O–H groups in total. The summed E-state index contributed by atoms with van der Waals surface area (Å²) in [6, 6.07) is 5.33. The zero-order chi connectivity index (χ0) is 13.0. The Hall–Kier alpha value is -1.13. The van der Waals surface area contributed by atoms with Gasteiger partial charge in [0.2, 0.25) is 5.91 Å². The summed E-state index contributed by atoms with van der Waals surface area (Å²) in [7, 11) is 0. The summed E-state index contributed by atoms with van der Waals surface area (Å²) >= 11 is 10.7. The Morgan fingerprint density at radius 1 is 1.59 bits per heavy atom. The molecule has 3 nitrogen and oxygen atoms in total. The number of halogens is 1. The van der Waals surface area contributed by atoms with E-state index in [9.17, 15) is 4.79 Å². The summed E-state index contributed by atoms with van der Waals surface area (Å²) in [5, 5.41) is 3.37. The number of hydrogen-bond donors (Lipinski definition) is 2. The molecule has 0 aliphatic heterocycles. The standard InChI is InChI=1S/C12H15ClN2OS/c1-3-9(11(14)17)12(16)15-10-6-8(13)5-4-7(10)2/h4-6,9H,3H2,1-2H3,(H2,14,17)(H,15,16). The van der Waals surface area contributed by atoms with Crippen LogP contribution >= 0.6 is 23.8 Å². The molecule has 0 fully saturated rings. The minimum absolute atomic E-state index is 0.189. The van der Waals surface area contributed by atoms with E-state index in [1.807, 2.05) is 19.9 Å². The van der Waals surface area contributed by atoms with E-state index in [0.29, 0.717) is 17.1 Å². The lowest BCUT2D eigenvalue weighted by atomic mass is 10.1. The van der Waals surface area contributed by atoms with E-state index in [0.717, 1.165) is 5.56 Å². The van der Waals surface area contributed by atoms with Crippen molar-refractivity contribution in [2.45, 2.75) is 20.3 Å². The highest BCUT2D eigenvalue weighted by molar-refractivity contribution is 7.80. The van der Waals surface area contributed by atoms with Gasteiger partial charge in [-0.05, 0) is 31.0 Å². The van der Waals surface area contributed by atoms with E-state index >= 15 is 0 Å². The van der Waals surface area contributed by atoms with Crippen molar-refractivity contribution in [2.24, 2.45) is 11.7 Å². The first-order chi connectivity index (χ1) is 7.95. The third kappa shape index (κ3) is 3.68. The molecular formula is C12H15ClN2OS. The molecule has 0 heterocycles. The zero-order valence-electron chi connectivity index (χ0n) is 9.79. The fourth-order valence-corrected chi connectivity index (χ4v) is 1.91. The molecule has 1 atom stereocenters. The molecule has 0 bridgehead atoms. The first-order valence-corrected chi connectivity index (χ1v) is 6.10. The lowest BCUT2D eigenvalue weighted by molar-refractivity contribution is -0.118. The highest BCUT2D eigenvalue weighted by atomic mass is 35.5. The molecule has 1 aromatic rings. The second-order valence-electron chi connectivity index (χ2n) is 3.81. The van der Waals surface area contributed by atoms with E-state index in [1.54, 1.807) is 12.1 Å². The summed E-state index contributed by atoms with van der Waals surface area (Å²) < 4.78 is 0. The Morgan fingerprint density at radius 3 is 2.76 bits per heavy atom. The predicted molar refractivity (Wildman–Crippen MR) is 75.4 cm³/mol. The number of nitrogens with one attached hydrogen (secondary N) is 1. The van der Waals surface area contributed by atoms with Crippen LogP contribution in [0.1, 0.15) is 18.9 Å². The fourth-order valence-electron chi connectivity index (χ4n) is 1.46. The number of carbonyl (C=O) groups is 1. The predicted octanol–water partition coefficient (Wildman–Crippen LogP) is 2.90. The maximum absolute atomic E-state index is 11.9. The normalized spacial score (nSPS) is 11.9. The summed E-state index contributed by atoms with van der Waals surface area (Å²) in [6.45, 7) is 3.77. The number of rotatable bonds is 4. The quantitative estimate of drug-likeness (QED) is 0.827. The summed E-state index contributed by atoms with van der Waals surface area (Å²) in [4.78, 5) is 12.1. The van der Waals surface area contributed by atoms with Crippen molar-refractivity contribution in [3.8, 4) is 0 Å². The molecule has 0 spiro atoms. The van der Waals surface area contributed by atoms with Crippen LogP contribution in [0.2, 0.25) is 5.02 Å². The SMILES string of the molecule is CCC(C(=O)Nc1cc(Cl)ccc1C)C(N)=S. The first kappa shape index (κ1) is 13.9. The Bertz CT molecular complexity index is 448. The molecule has 0 aliphatic carbocycles. The smallest absolute Gasteiger partial charge is 0.234 e. The van der Waals surface area contributed by atoms with E-state index < -0.39 is 5.92 Å². The van der Waals surface area contributed by atoms with Crippen molar-refractivity contribution in [1.82, 2.24) is 0 Å². The van der Waals surface area contributed by atoms with Gasteiger partial charge in [-0.1, -0.05) is 36.8 Å². The average molecular weight is 271 g/mol. The molecule has 1 rings (SSSR count). The van der Waals surface area contributed by atoms with Crippen molar-refractivity contribution in [3.05, 3.63) is 28.8 Å². The van der Waals surface area contributed by atoms with Gasteiger partial charge in [0.25, 0.3) is 0 Å². The van der Waals surface area contributed by atoms with Crippen LogP contribution in [0.25, 0.3) is 0 Å². The number of amides is 1. The fraction of sp³-hybridized carbons (Fsp3) is 0.333. The molecule has 5 heteroatoms. The maximum Gasteiger partial charge on any atom is 0.234 e. The molecule has 0 aromatic heterocycles. The minimum atomic E-state index is -0.441. The van der Waals surface area contributed by atoms with Crippen LogP contribution in [-0.2, 0) is 4.79 Å². The lowest BCUT2D eigenvalue weighted by Crippen LogP contribution is -2.32. The van der Waals surface area contributed by atoms with Gasteiger partial charge >= 0.3 is 0 Å². The molecule has 1 amide bonds. The van der Waals surface area contributed by atoms with Crippen molar-refractivity contribution < 1.29 is 4.79 Å². The van der Waals surface area contributed by atoms with Crippen LogP contribution in [-0.4, -0.2) is 10.9 Å². The topological polar surface area (TPSA) is 55.1 Å². The zero-order valence-corrected chi connectivity index (χ0v) is 11.4. The number of hydrogen-bond acceptors (Lipinski definition) is 2. The summed E-state index contributed by atoms with van der Waals surface area (Å²) in [5.41, 5.74) is 7.15. The van der Waals surface area contributed by atoms with E-state index in [2.05, 4.69) is 5.32 Å². The molecule has 1 aromatic carbocycles. The van der Waals surface area contributed by atoms with Crippen LogP contribution in [0.15, 0.2) is 18.2 Å². The molecule has 0 aliphatic rings. The second-order valence-corrected chi connectivity index (χ2v) is 4.72. The molecule has 0 saturated carbocycles. The van der Waals surface area contributed by atoms with Gasteiger partial charge in [0.1, 0.15) is 0 Å². The van der Waals surface area contributed by atoms with Gasteiger partial charge in [-0.25, -0.2) is 0 Å². The van der Waals surface area contributed by atoms with Gasteiger partial charge in [0.05, 0.1) is 10.9 Å². The largest absolute Gasteiger partial charge is 0.393 e. The van der Waals surface area contributed by atoms with Gasteiger partial charge in [0.15, 0.2) is 0 Å². The van der Waals surface area contributed by atoms with E-state index in [4.69, 9.17) is 29.6 Å². The lowest BCUT2D eigenvalue weighted by Gasteiger charge is -2.14. The molecule has 1 unspecified atom stereocenters. The van der Waals surface area contributed by atoms with Crippen LogP contribution in [0, 0.1) is 12.8 Å². The number of carbonyl (C=O) groups excluding carboxylic acids is 1. The average Bonchev–Trinajstić information content (AvgIpc) is 2.24. The highest BCUT2D eigenvalue weighted by Gasteiger charge is 2.19. The number of anilines is 1. The first-order valence-electron chi connectivity index (χ1n) is 5.32. The molecule has 0 radical (unpaired) electrons. The van der Waals surface area contributed by atoms with Crippen LogP contribution in [0.5, 0.6) is 0 Å². The van der Waals surface area contributed by atoms with E-state index in [-0.39, 0.29) is 10.9 Å². The Kier molecular flexibility index (Phi) is 4.90. The van der Waals surface area contributed by atoms with Gasteiger partial charge < -0.3 is 11.1 Å². The van der Waals surface area contributed by atoms with Crippen LogP contribution in [0.4, 0.5) is 5.69 Å². The minimum Gasteiger partial charge on any atom is -0.393 e. The Morgan fingerprint density at radius 2 is 2.24 bits per heavy atom. The molecule has 17 heavy (non-hydrogen) atoms. The second kappa shape index (κ2) is 5.98. The van der Waals surface area contributed by atoms with Gasteiger partial charge in [-0.15, -0.1) is 0 Å². The number of aryl methyl sites for hydroxylation is 1. The third-order valence-corrected chi connectivity index (χ3v) is 3.05. The van der Waals surface area contributed by atoms with Crippen LogP contribution in [0.3, 0.4) is 0 Å². The van der Waals surface area contributed by atoms with Crippen molar-refractivity contribution in [1.29, 1.82) is 0 Å². The summed E-state index contributed by atoms with van der Waals surface area (Å²) in [6.07, 6.45) is 0.584. The van der Waals surface area contributed by atoms with Gasteiger partial charge in [-0.2, -0.15) is 0 Å². The van der Waals surface area contributed by atoms with Crippen LogP contribution < -0.4 is 11.1 Å². The maximum atomic E-state index is 11.9. The van der Waals surface area contributed by atoms with Crippen molar-refractivity contribution >= 4 is 40.4 Å². The Balaban J connectivity index is 2.87. The molecular weight excluding hydrogens is 256 g/mol. The number of benzene rings is 1. The highest BCUT2D eigenvalue weighted by Crippen LogP contribution is 2.21. The number of thiocarbonyl (C=S) groups is 1. The van der Waals surface area contributed by atoms with Crippen molar-refractivity contribution in [2.75, 3.05) is 5.32 Å². The third-order valence-electron chi connectivity index (χ3n) is 2.53. The van der Waals surface area contributed by atoms with E-state index in [1.165, 1.54) is 0 Å². The molecule has 92 valence electrons. The summed E-state index contributed by atoms with van der Waals surface area (Å²) in [5.74, 6) is -0.631. The van der Waals surface area contributed by atoms with Crippen molar-refractivity contribution in [3.63, 3.8) is 0 Å². The Labute approximate surface area is 111 Å².